The normalized spacial score (nSPS) is 12.1. The summed E-state index contributed by atoms with van der Waals surface area (Å²) in [5.41, 5.74) is 7.92. The molecule has 1 atom stereocenters. The average Bonchev–Trinajstić information content (AvgIpc) is 3.45. The third-order valence-corrected chi connectivity index (χ3v) is 6.84. The van der Waals surface area contributed by atoms with Crippen LogP contribution in [-0.4, -0.2) is 51.4 Å². The highest BCUT2D eigenvalue weighted by Gasteiger charge is 2.10. The zero-order valence-electron chi connectivity index (χ0n) is 21.6. The Morgan fingerprint density at radius 2 is 1.69 bits per heavy atom. The van der Waals surface area contributed by atoms with E-state index in [0.29, 0.717) is 26.1 Å². The van der Waals surface area contributed by atoms with Gasteiger partial charge in [0.25, 0.3) is 0 Å². The van der Waals surface area contributed by atoms with Crippen LogP contribution < -0.4 is 16.0 Å². The highest BCUT2D eigenvalue weighted by Crippen LogP contribution is 2.29. The van der Waals surface area contributed by atoms with Crippen LogP contribution in [0.25, 0.3) is 33.3 Å². The predicted molar refractivity (Wildman–Crippen MR) is 157 cm³/mol. The number of pyridine rings is 1. The Balaban J connectivity index is 1.01. The average molecular weight is 542 g/mol. The summed E-state index contributed by atoms with van der Waals surface area (Å²) in [4.78, 5) is 4.10. The first kappa shape index (κ1) is 26.8. The minimum atomic E-state index is -0.571. The van der Waals surface area contributed by atoms with Crippen LogP contribution in [0.5, 0.6) is 0 Å². The van der Waals surface area contributed by atoms with Gasteiger partial charge in [-0.3, -0.25) is 10.3 Å². The van der Waals surface area contributed by atoms with Gasteiger partial charge < -0.3 is 15.7 Å². The number of aliphatic hydroxyl groups is 1. The van der Waals surface area contributed by atoms with E-state index in [-0.39, 0.29) is 0 Å². The number of nitrogens with zero attached hydrogens (tertiary/aromatic N) is 3. The molecule has 8 nitrogen and oxygen atoms in total. The molecular formula is C30H32ClN7O. The Morgan fingerprint density at radius 1 is 0.846 bits per heavy atom. The molecule has 39 heavy (non-hydrogen) atoms. The summed E-state index contributed by atoms with van der Waals surface area (Å²) in [5.74, 6) is 0. The smallest absolute Gasteiger partial charge is 0.136 e. The van der Waals surface area contributed by atoms with Crippen molar-refractivity contribution in [1.82, 2.24) is 31.0 Å². The minimum absolute atomic E-state index is 0.571. The van der Waals surface area contributed by atoms with Gasteiger partial charge in [-0.15, -0.1) is 0 Å². The maximum Gasteiger partial charge on any atom is 0.136 e. The van der Waals surface area contributed by atoms with Gasteiger partial charge in [-0.05, 0) is 78.5 Å². The standard InChI is InChI=1S/C30H32ClN7O/c31-26-17-21(7-8-25(26)23-5-2-1-3-6-23)20-33-16-11-29(39)35-13-4-12-34-27-18-24(22-9-14-32-15-10-22)19-28-30(27)37-38-36-28/h1-3,5-10,14-15,17-19,29,33-35,39H,4,11-13,16,20H2,(H,36,37,38). The van der Waals surface area contributed by atoms with Crippen LogP contribution in [0.1, 0.15) is 18.4 Å². The lowest BCUT2D eigenvalue weighted by Crippen LogP contribution is -2.33. The lowest BCUT2D eigenvalue weighted by atomic mass is 10.0. The van der Waals surface area contributed by atoms with E-state index in [9.17, 15) is 5.11 Å². The number of aromatic nitrogens is 4. The lowest BCUT2D eigenvalue weighted by molar-refractivity contribution is 0.127. The molecule has 5 N–H and O–H groups in total. The number of fused-ring (bicyclic) bond motifs is 1. The third kappa shape index (κ3) is 7.19. The van der Waals surface area contributed by atoms with E-state index in [2.05, 4.69) is 66.7 Å². The fourth-order valence-electron chi connectivity index (χ4n) is 4.47. The van der Waals surface area contributed by atoms with Crippen molar-refractivity contribution in [2.45, 2.75) is 25.6 Å². The van der Waals surface area contributed by atoms with Gasteiger partial charge in [0.2, 0.25) is 0 Å². The first-order valence-corrected chi connectivity index (χ1v) is 13.5. The van der Waals surface area contributed by atoms with E-state index in [1.54, 1.807) is 12.4 Å². The highest BCUT2D eigenvalue weighted by atomic mass is 35.5. The van der Waals surface area contributed by atoms with Crippen molar-refractivity contribution in [2.75, 3.05) is 25.0 Å². The Bertz CT molecular complexity index is 1480. The summed E-state index contributed by atoms with van der Waals surface area (Å²) in [6.07, 6.45) is 4.44. The topological polar surface area (TPSA) is 111 Å². The monoisotopic (exact) mass is 541 g/mol. The second-order valence-corrected chi connectivity index (χ2v) is 9.75. The van der Waals surface area contributed by atoms with E-state index < -0.39 is 6.23 Å². The maximum absolute atomic E-state index is 10.3. The van der Waals surface area contributed by atoms with E-state index in [1.165, 1.54) is 0 Å². The van der Waals surface area contributed by atoms with Gasteiger partial charge in [-0.25, -0.2) is 0 Å². The van der Waals surface area contributed by atoms with Gasteiger partial charge in [-0.2, -0.15) is 15.4 Å². The van der Waals surface area contributed by atoms with E-state index >= 15 is 0 Å². The Morgan fingerprint density at radius 3 is 2.51 bits per heavy atom. The molecule has 0 aliphatic carbocycles. The van der Waals surface area contributed by atoms with Crippen LogP contribution in [0, 0.1) is 0 Å². The molecule has 2 aromatic heterocycles. The Hall–Kier alpha value is -3.82. The number of anilines is 1. The molecule has 0 bridgehead atoms. The summed E-state index contributed by atoms with van der Waals surface area (Å²) in [7, 11) is 0. The molecule has 5 rings (SSSR count). The van der Waals surface area contributed by atoms with Crippen molar-refractivity contribution in [3.05, 3.63) is 95.8 Å². The summed E-state index contributed by atoms with van der Waals surface area (Å²) in [6.45, 7) is 2.81. The van der Waals surface area contributed by atoms with Crippen molar-refractivity contribution < 1.29 is 5.11 Å². The van der Waals surface area contributed by atoms with Crippen LogP contribution in [0.4, 0.5) is 5.69 Å². The highest BCUT2D eigenvalue weighted by molar-refractivity contribution is 6.33. The molecule has 0 aliphatic rings. The van der Waals surface area contributed by atoms with Gasteiger partial charge in [0.15, 0.2) is 0 Å². The maximum atomic E-state index is 10.3. The first-order chi connectivity index (χ1) is 19.2. The molecule has 0 saturated heterocycles. The molecule has 0 radical (unpaired) electrons. The van der Waals surface area contributed by atoms with Crippen LogP contribution >= 0.6 is 11.6 Å². The first-order valence-electron chi connectivity index (χ1n) is 13.1. The summed E-state index contributed by atoms with van der Waals surface area (Å²) < 4.78 is 0. The molecule has 9 heteroatoms. The fraction of sp³-hybridized carbons (Fsp3) is 0.233. The van der Waals surface area contributed by atoms with Crippen molar-refractivity contribution >= 4 is 28.3 Å². The molecule has 2 heterocycles. The number of nitrogens with one attached hydrogen (secondary N) is 4. The molecule has 0 spiro atoms. The zero-order chi connectivity index (χ0) is 26.9. The van der Waals surface area contributed by atoms with Crippen LogP contribution in [-0.2, 0) is 6.54 Å². The summed E-state index contributed by atoms with van der Waals surface area (Å²) >= 11 is 6.51. The summed E-state index contributed by atoms with van der Waals surface area (Å²) in [5, 5.41) is 32.4. The van der Waals surface area contributed by atoms with Crippen LogP contribution in [0.3, 0.4) is 0 Å². The molecule has 5 aromatic rings. The van der Waals surface area contributed by atoms with E-state index in [1.807, 2.05) is 42.5 Å². The largest absolute Gasteiger partial charge is 0.383 e. The Kier molecular flexibility index (Phi) is 9.13. The quantitative estimate of drug-likeness (QED) is 0.102. The van der Waals surface area contributed by atoms with Gasteiger partial charge in [0.1, 0.15) is 17.3 Å². The molecule has 0 aliphatic heterocycles. The lowest BCUT2D eigenvalue weighted by Gasteiger charge is -2.14. The SMILES string of the molecule is OC(CCNCc1ccc(-c2ccccc2)c(Cl)c1)NCCCNc1cc(-c2ccncc2)cc2n[nH]nc12. The molecule has 0 saturated carbocycles. The minimum Gasteiger partial charge on any atom is -0.383 e. The number of aromatic amines is 1. The molecule has 0 fully saturated rings. The van der Waals surface area contributed by atoms with Gasteiger partial charge >= 0.3 is 0 Å². The van der Waals surface area contributed by atoms with Gasteiger partial charge in [-0.1, -0.05) is 54.1 Å². The number of H-pyrrole nitrogens is 1. The van der Waals surface area contributed by atoms with E-state index in [4.69, 9.17) is 11.6 Å². The number of benzene rings is 3. The molecular weight excluding hydrogens is 510 g/mol. The number of rotatable bonds is 13. The number of hydrogen-bond donors (Lipinski definition) is 5. The molecule has 200 valence electrons. The molecule has 3 aromatic carbocycles. The van der Waals surface area contributed by atoms with Crippen molar-refractivity contribution in [3.63, 3.8) is 0 Å². The van der Waals surface area contributed by atoms with Gasteiger partial charge in [0, 0.05) is 36.1 Å². The van der Waals surface area contributed by atoms with Crippen molar-refractivity contribution in [3.8, 4) is 22.3 Å². The number of hydrogen-bond acceptors (Lipinski definition) is 7. The van der Waals surface area contributed by atoms with Gasteiger partial charge in [0.05, 0.1) is 5.69 Å². The van der Waals surface area contributed by atoms with Crippen molar-refractivity contribution in [1.29, 1.82) is 0 Å². The van der Waals surface area contributed by atoms with Crippen LogP contribution in [0.2, 0.25) is 5.02 Å². The summed E-state index contributed by atoms with van der Waals surface area (Å²) in [6, 6.07) is 24.3. The predicted octanol–water partition coefficient (Wildman–Crippen LogP) is 5.23. The zero-order valence-corrected chi connectivity index (χ0v) is 22.3. The van der Waals surface area contributed by atoms with Crippen molar-refractivity contribution in [2.24, 2.45) is 0 Å². The Labute approximate surface area is 232 Å². The van der Waals surface area contributed by atoms with E-state index in [0.717, 1.165) is 62.5 Å². The molecule has 1 unspecified atom stereocenters. The molecule has 0 amide bonds. The number of halogens is 1. The number of aliphatic hydroxyl groups excluding tert-OH is 1. The fourth-order valence-corrected chi connectivity index (χ4v) is 4.78. The second-order valence-electron chi connectivity index (χ2n) is 9.35. The third-order valence-electron chi connectivity index (χ3n) is 6.53. The van der Waals surface area contributed by atoms with Crippen LogP contribution in [0.15, 0.2) is 85.2 Å². The second kappa shape index (κ2) is 13.3.